The molecule has 0 atom stereocenters. The summed E-state index contributed by atoms with van der Waals surface area (Å²) in [5, 5.41) is 2.52. The number of hydrogen-bond acceptors (Lipinski definition) is 5. The number of carbonyl (C=O) groups is 1. The van der Waals surface area contributed by atoms with Crippen LogP contribution in [0.2, 0.25) is 0 Å². The first kappa shape index (κ1) is 14.8. The van der Waals surface area contributed by atoms with Gasteiger partial charge in [0.2, 0.25) is 0 Å². The van der Waals surface area contributed by atoms with Crippen molar-refractivity contribution in [2.75, 3.05) is 12.8 Å². The second-order valence-corrected chi connectivity index (χ2v) is 5.88. The number of nitrogen functional groups attached to an aromatic ring is 1. The van der Waals surface area contributed by atoms with Crippen LogP contribution in [0.4, 0.5) is 5.69 Å². The molecule has 0 aliphatic carbocycles. The van der Waals surface area contributed by atoms with Gasteiger partial charge in [-0.15, -0.1) is 0 Å². The van der Waals surface area contributed by atoms with Gasteiger partial charge in [0.25, 0.3) is 5.91 Å². The Hall–Kier alpha value is -1.60. The Bertz CT molecular complexity index is 530. The van der Waals surface area contributed by atoms with Crippen LogP contribution in [0.5, 0.6) is 0 Å². The number of nitrogens with zero attached hydrogens (tertiary/aromatic N) is 1. The Morgan fingerprint density at radius 2 is 1.80 bits per heavy atom. The summed E-state index contributed by atoms with van der Waals surface area (Å²) in [4.78, 5) is 16.0. The van der Waals surface area contributed by atoms with Crippen molar-refractivity contribution >= 4 is 24.3 Å². The van der Waals surface area contributed by atoms with Crippen molar-refractivity contribution in [2.45, 2.75) is 38.9 Å². The zero-order chi connectivity index (χ0) is 15.1. The summed E-state index contributed by atoms with van der Waals surface area (Å²) in [6.45, 7) is 7.83. The number of rotatable bonds is 2. The molecule has 2 rings (SSSR count). The van der Waals surface area contributed by atoms with Crippen molar-refractivity contribution in [3.05, 3.63) is 17.8 Å². The quantitative estimate of drug-likeness (QED) is 0.760. The average Bonchev–Trinajstić information content (AvgIpc) is 2.57. The third-order valence-corrected chi connectivity index (χ3v) is 3.82. The number of amides is 1. The molecule has 1 aromatic rings. The number of anilines is 1. The van der Waals surface area contributed by atoms with Crippen LogP contribution in [0, 0.1) is 0 Å². The van der Waals surface area contributed by atoms with E-state index in [2.05, 4.69) is 10.3 Å². The van der Waals surface area contributed by atoms with Crippen molar-refractivity contribution in [2.24, 2.45) is 0 Å². The Morgan fingerprint density at radius 3 is 2.30 bits per heavy atom. The van der Waals surface area contributed by atoms with Gasteiger partial charge in [-0.05, 0) is 39.8 Å². The lowest BCUT2D eigenvalue weighted by atomic mass is 9.83. The Kier molecular flexibility index (Phi) is 3.52. The summed E-state index contributed by atoms with van der Waals surface area (Å²) in [5.41, 5.74) is 6.10. The molecular weight excluding hydrogens is 257 g/mol. The molecule has 0 saturated carbocycles. The fraction of sp³-hybridized carbons (Fsp3) is 0.538. The number of nitrogens with two attached hydrogens (primary N) is 1. The molecule has 0 spiro atoms. The number of nitrogens with one attached hydrogen (secondary N) is 1. The van der Waals surface area contributed by atoms with Crippen molar-refractivity contribution in [1.82, 2.24) is 10.3 Å². The molecule has 0 bridgehead atoms. The second kappa shape index (κ2) is 4.75. The first-order chi connectivity index (χ1) is 9.16. The van der Waals surface area contributed by atoms with Crippen LogP contribution in [-0.4, -0.2) is 36.3 Å². The first-order valence-corrected chi connectivity index (χ1v) is 6.51. The van der Waals surface area contributed by atoms with Gasteiger partial charge in [0.1, 0.15) is 5.69 Å². The lowest BCUT2D eigenvalue weighted by Crippen LogP contribution is -2.41. The lowest BCUT2D eigenvalue weighted by molar-refractivity contribution is 0.00578. The Morgan fingerprint density at radius 1 is 1.25 bits per heavy atom. The van der Waals surface area contributed by atoms with Crippen LogP contribution < -0.4 is 16.6 Å². The Balaban J connectivity index is 2.35. The molecule has 1 saturated heterocycles. The van der Waals surface area contributed by atoms with Gasteiger partial charge in [0.15, 0.2) is 0 Å². The summed E-state index contributed by atoms with van der Waals surface area (Å²) in [7, 11) is 0.911. The van der Waals surface area contributed by atoms with E-state index in [1.54, 1.807) is 13.1 Å². The highest BCUT2D eigenvalue weighted by atomic mass is 16.7. The van der Waals surface area contributed by atoms with Crippen LogP contribution in [0.1, 0.15) is 38.2 Å². The molecule has 7 heteroatoms. The summed E-state index contributed by atoms with van der Waals surface area (Å²) in [5.74, 6) is -0.296. The first-order valence-electron chi connectivity index (χ1n) is 6.51. The molecular formula is C13H20BN3O3. The van der Waals surface area contributed by atoms with E-state index in [4.69, 9.17) is 15.0 Å². The van der Waals surface area contributed by atoms with E-state index >= 15 is 0 Å². The molecule has 1 fully saturated rings. The van der Waals surface area contributed by atoms with Crippen molar-refractivity contribution in [3.8, 4) is 0 Å². The molecule has 0 unspecified atom stereocenters. The Labute approximate surface area is 119 Å². The van der Waals surface area contributed by atoms with Gasteiger partial charge in [-0.1, -0.05) is 0 Å². The van der Waals surface area contributed by atoms with E-state index < -0.39 is 18.3 Å². The molecule has 1 aromatic heterocycles. The minimum Gasteiger partial charge on any atom is -0.399 e. The van der Waals surface area contributed by atoms with Crippen LogP contribution in [0.25, 0.3) is 0 Å². The predicted molar refractivity (Wildman–Crippen MR) is 77.8 cm³/mol. The standard InChI is InChI=1S/C13H20BN3O3/c1-12(2)13(3,4)20-14(19-12)10-7-8(15)6-9(17-10)11(18)16-5/h6-7H,1-5H3,(H2,15,17)(H,16,18). The zero-order valence-corrected chi connectivity index (χ0v) is 12.5. The third-order valence-electron chi connectivity index (χ3n) is 3.82. The highest BCUT2D eigenvalue weighted by molar-refractivity contribution is 6.61. The van der Waals surface area contributed by atoms with Gasteiger partial charge in [0, 0.05) is 12.7 Å². The van der Waals surface area contributed by atoms with Gasteiger partial charge in [-0.3, -0.25) is 9.78 Å². The van der Waals surface area contributed by atoms with Crippen LogP contribution in [0.3, 0.4) is 0 Å². The molecule has 1 aliphatic rings. The maximum absolute atomic E-state index is 11.7. The van der Waals surface area contributed by atoms with Crippen LogP contribution >= 0.6 is 0 Å². The minimum absolute atomic E-state index is 0.247. The van der Waals surface area contributed by atoms with Crippen LogP contribution in [0.15, 0.2) is 12.1 Å². The van der Waals surface area contributed by atoms with E-state index in [0.717, 1.165) is 0 Å². The topological polar surface area (TPSA) is 86.5 Å². The van der Waals surface area contributed by atoms with E-state index in [0.29, 0.717) is 11.3 Å². The molecule has 3 N–H and O–H groups in total. The summed E-state index contributed by atoms with van der Waals surface area (Å²) in [6, 6.07) is 3.18. The van der Waals surface area contributed by atoms with Crippen LogP contribution in [-0.2, 0) is 9.31 Å². The summed E-state index contributed by atoms with van der Waals surface area (Å²) in [6.07, 6.45) is 0. The van der Waals surface area contributed by atoms with E-state index in [-0.39, 0.29) is 11.6 Å². The van der Waals surface area contributed by atoms with Gasteiger partial charge in [-0.2, -0.15) is 0 Å². The number of carbonyl (C=O) groups excluding carboxylic acids is 1. The molecule has 0 radical (unpaired) electrons. The van der Waals surface area contributed by atoms with Crippen molar-refractivity contribution in [3.63, 3.8) is 0 Å². The summed E-state index contributed by atoms with van der Waals surface area (Å²) >= 11 is 0. The van der Waals surface area contributed by atoms with Gasteiger partial charge < -0.3 is 20.4 Å². The van der Waals surface area contributed by atoms with Gasteiger partial charge >= 0.3 is 7.12 Å². The minimum atomic E-state index is -0.632. The largest absolute Gasteiger partial charge is 0.514 e. The van der Waals surface area contributed by atoms with E-state index in [1.165, 1.54) is 6.07 Å². The molecule has 2 heterocycles. The number of pyridine rings is 1. The fourth-order valence-electron chi connectivity index (χ4n) is 1.90. The summed E-state index contributed by atoms with van der Waals surface area (Å²) < 4.78 is 11.8. The van der Waals surface area contributed by atoms with Gasteiger partial charge in [-0.25, -0.2) is 0 Å². The molecule has 6 nitrogen and oxygen atoms in total. The maximum Gasteiger partial charge on any atom is 0.514 e. The second-order valence-electron chi connectivity index (χ2n) is 5.88. The molecule has 1 aliphatic heterocycles. The smallest absolute Gasteiger partial charge is 0.399 e. The predicted octanol–water partition coefficient (Wildman–Crippen LogP) is 0.323. The molecule has 0 aromatic carbocycles. The maximum atomic E-state index is 11.7. The molecule has 108 valence electrons. The highest BCUT2D eigenvalue weighted by Gasteiger charge is 2.52. The average molecular weight is 277 g/mol. The third kappa shape index (κ3) is 2.51. The van der Waals surface area contributed by atoms with Crippen molar-refractivity contribution < 1.29 is 14.1 Å². The SMILES string of the molecule is CNC(=O)c1cc(N)cc(B2OC(C)(C)C(C)(C)O2)n1. The molecule has 20 heavy (non-hydrogen) atoms. The number of hydrogen-bond donors (Lipinski definition) is 2. The zero-order valence-electron chi connectivity index (χ0n) is 12.5. The highest BCUT2D eigenvalue weighted by Crippen LogP contribution is 2.36. The molecule has 1 amide bonds. The van der Waals surface area contributed by atoms with E-state index in [9.17, 15) is 4.79 Å². The van der Waals surface area contributed by atoms with Gasteiger partial charge in [0.05, 0.1) is 16.8 Å². The van der Waals surface area contributed by atoms with E-state index in [1.807, 2.05) is 27.7 Å². The fourth-order valence-corrected chi connectivity index (χ4v) is 1.90. The normalized spacial score (nSPS) is 19.9. The lowest BCUT2D eigenvalue weighted by Gasteiger charge is -2.32. The monoisotopic (exact) mass is 277 g/mol. The number of aromatic nitrogens is 1. The van der Waals surface area contributed by atoms with Crippen molar-refractivity contribution in [1.29, 1.82) is 0 Å².